The second-order valence-corrected chi connectivity index (χ2v) is 5.08. The van der Waals surface area contributed by atoms with Crippen LogP contribution in [-0.2, 0) is 9.47 Å². The van der Waals surface area contributed by atoms with Gasteiger partial charge in [0, 0.05) is 0 Å². The van der Waals surface area contributed by atoms with Gasteiger partial charge in [-0.15, -0.1) is 0 Å². The van der Waals surface area contributed by atoms with Gasteiger partial charge in [0.05, 0.1) is 13.2 Å². The van der Waals surface area contributed by atoms with Gasteiger partial charge in [0.1, 0.15) is 11.5 Å². The Kier molecular flexibility index (Phi) is 13.4. The van der Waals surface area contributed by atoms with Crippen molar-refractivity contribution in [3.8, 4) is 0 Å². The second-order valence-electron chi connectivity index (χ2n) is 5.08. The molecule has 0 amide bonds. The number of allylic oxidation sites excluding steroid dienone is 2. The molecule has 2 heteroatoms. The summed E-state index contributed by atoms with van der Waals surface area (Å²) in [4.78, 5) is 0. The SMILES string of the molecule is C=C(/C=C/C(=C)OCCCCCC)OCCCCCC. The van der Waals surface area contributed by atoms with Crippen molar-refractivity contribution >= 4 is 0 Å². The highest BCUT2D eigenvalue weighted by atomic mass is 16.5. The van der Waals surface area contributed by atoms with E-state index in [1.165, 1.54) is 38.5 Å². The molecule has 0 unspecified atom stereocenters. The second kappa shape index (κ2) is 14.2. The smallest absolute Gasteiger partial charge is 0.112 e. The molecule has 0 radical (unpaired) electrons. The first-order valence-electron chi connectivity index (χ1n) is 8.02. The van der Waals surface area contributed by atoms with Gasteiger partial charge in [0.15, 0.2) is 0 Å². The zero-order chi connectivity index (χ0) is 15.1. The van der Waals surface area contributed by atoms with Crippen molar-refractivity contribution in [2.75, 3.05) is 13.2 Å². The van der Waals surface area contributed by atoms with Crippen molar-refractivity contribution in [1.29, 1.82) is 0 Å². The molecule has 20 heavy (non-hydrogen) atoms. The zero-order valence-corrected chi connectivity index (χ0v) is 13.5. The van der Waals surface area contributed by atoms with Crippen LogP contribution in [0.15, 0.2) is 36.8 Å². The Hall–Kier alpha value is -1.18. The van der Waals surface area contributed by atoms with Gasteiger partial charge in [0.2, 0.25) is 0 Å². The summed E-state index contributed by atoms with van der Waals surface area (Å²) in [7, 11) is 0. The van der Waals surface area contributed by atoms with Gasteiger partial charge in [0.25, 0.3) is 0 Å². The van der Waals surface area contributed by atoms with Crippen molar-refractivity contribution in [3.63, 3.8) is 0 Å². The molecular formula is C18H32O2. The minimum atomic E-state index is 0.678. The minimum Gasteiger partial charge on any atom is -0.494 e. The Bertz CT molecular complexity index is 251. The number of ether oxygens (including phenoxy) is 2. The molecule has 0 fully saturated rings. The largest absolute Gasteiger partial charge is 0.494 e. The maximum absolute atomic E-state index is 5.52. The van der Waals surface area contributed by atoms with Crippen LogP contribution in [0.3, 0.4) is 0 Å². The van der Waals surface area contributed by atoms with Crippen molar-refractivity contribution in [3.05, 3.63) is 36.8 Å². The summed E-state index contributed by atoms with van der Waals surface area (Å²) in [6.07, 6.45) is 13.3. The monoisotopic (exact) mass is 280 g/mol. The quantitative estimate of drug-likeness (QED) is 0.229. The molecule has 0 aromatic heterocycles. The molecule has 0 bridgehead atoms. The third kappa shape index (κ3) is 13.3. The van der Waals surface area contributed by atoms with Crippen LogP contribution >= 0.6 is 0 Å². The van der Waals surface area contributed by atoms with E-state index < -0.39 is 0 Å². The topological polar surface area (TPSA) is 18.5 Å². The zero-order valence-electron chi connectivity index (χ0n) is 13.5. The van der Waals surface area contributed by atoms with Gasteiger partial charge in [-0.3, -0.25) is 0 Å². The Balaban J connectivity index is 3.54. The minimum absolute atomic E-state index is 0.678. The van der Waals surface area contributed by atoms with Crippen LogP contribution in [0.2, 0.25) is 0 Å². The standard InChI is InChI=1S/C18H32O2/c1-5-7-9-11-15-19-17(3)13-14-18(4)20-16-12-10-8-6-2/h13-14H,3-12,15-16H2,1-2H3/b14-13+. The molecule has 0 atom stereocenters. The van der Waals surface area contributed by atoms with Gasteiger partial charge in [-0.1, -0.05) is 65.5 Å². The van der Waals surface area contributed by atoms with E-state index >= 15 is 0 Å². The lowest BCUT2D eigenvalue weighted by Crippen LogP contribution is -1.94. The summed E-state index contributed by atoms with van der Waals surface area (Å²) in [6.45, 7) is 13.6. The summed E-state index contributed by atoms with van der Waals surface area (Å²) in [5.41, 5.74) is 0. The predicted molar refractivity (Wildman–Crippen MR) is 87.6 cm³/mol. The highest BCUT2D eigenvalue weighted by molar-refractivity contribution is 5.17. The average molecular weight is 280 g/mol. The molecule has 0 aliphatic rings. The molecule has 0 saturated heterocycles. The fraction of sp³-hybridized carbons (Fsp3) is 0.667. The molecule has 0 aromatic carbocycles. The Labute approximate surface area is 125 Å². The van der Waals surface area contributed by atoms with E-state index in [2.05, 4.69) is 27.0 Å². The third-order valence-electron chi connectivity index (χ3n) is 3.03. The van der Waals surface area contributed by atoms with Crippen LogP contribution in [0.4, 0.5) is 0 Å². The van der Waals surface area contributed by atoms with E-state index in [9.17, 15) is 0 Å². The van der Waals surface area contributed by atoms with Crippen molar-refractivity contribution in [2.45, 2.75) is 65.2 Å². The molecule has 0 rings (SSSR count). The summed E-state index contributed by atoms with van der Waals surface area (Å²) >= 11 is 0. The molecule has 0 heterocycles. The van der Waals surface area contributed by atoms with Crippen LogP contribution in [0.1, 0.15) is 65.2 Å². The first kappa shape index (κ1) is 18.8. The Morgan fingerprint density at radius 1 is 0.700 bits per heavy atom. The predicted octanol–water partition coefficient (Wildman–Crippen LogP) is 5.76. The summed E-state index contributed by atoms with van der Waals surface area (Å²) < 4.78 is 11.0. The molecule has 0 saturated carbocycles. The van der Waals surface area contributed by atoms with E-state index in [4.69, 9.17) is 9.47 Å². The van der Waals surface area contributed by atoms with Crippen LogP contribution in [0.25, 0.3) is 0 Å². The lowest BCUT2D eigenvalue weighted by molar-refractivity contribution is 0.213. The van der Waals surface area contributed by atoms with Crippen molar-refractivity contribution in [2.24, 2.45) is 0 Å². The number of hydrogen-bond acceptors (Lipinski definition) is 2. The van der Waals surface area contributed by atoms with Crippen molar-refractivity contribution in [1.82, 2.24) is 0 Å². The average Bonchev–Trinajstić information content (AvgIpc) is 2.44. The van der Waals surface area contributed by atoms with E-state index in [-0.39, 0.29) is 0 Å². The molecule has 0 aliphatic heterocycles. The highest BCUT2D eigenvalue weighted by Crippen LogP contribution is 2.06. The molecule has 0 N–H and O–H groups in total. The normalized spacial score (nSPS) is 10.7. The Morgan fingerprint density at radius 2 is 1.10 bits per heavy atom. The van der Waals surface area contributed by atoms with E-state index in [0.29, 0.717) is 11.5 Å². The van der Waals surface area contributed by atoms with Gasteiger partial charge in [-0.25, -0.2) is 0 Å². The number of unbranched alkanes of at least 4 members (excludes halogenated alkanes) is 6. The molecule has 2 nitrogen and oxygen atoms in total. The number of rotatable bonds is 14. The first-order valence-corrected chi connectivity index (χ1v) is 8.02. The maximum atomic E-state index is 5.52. The molecule has 0 aliphatic carbocycles. The van der Waals surface area contributed by atoms with E-state index in [1.54, 1.807) is 0 Å². The lowest BCUT2D eigenvalue weighted by atomic mass is 10.2. The van der Waals surface area contributed by atoms with Crippen LogP contribution in [0, 0.1) is 0 Å². The number of hydrogen-bond donors (Lipinski definition) is 0. The van der Waals surface area contributed by atoms with Gasteiger partial charge in [-0.2, -0.15) is 0 Å². The van der Waals surface area contributed by atoms with Crippen molar-refractivity contribution < 1.29 is 9.47 Å². The maximum Gasteiger partial charge on any atom is 0.112 e. The summed E-state index contributed by atoms with van der Waals surface area (Å²) in [6, 6.07) is 0. The van der Waals surface area contributed by atoms with Gasteiger partial charge < -0.3 is 9.47 Å². The summed E-state index contributed by atoms with van der Waals surface area (Å²) in [5.74, 6) is 1.36. The van der Waals surface area contributed by atoms with Crippen LogP contribution in [0.5, 0.6) is 0 Å². The lowest BCUT2D eigenvalue weighted by Gasteiger charge is -2.07. The summed E-state index contributed by atoms with van der Waals surface area (Å²) in [5, 5.41) is 0. The Morgan fingerprint density at radius 3 is 1.45 bits per heavy atom. The van der Waals surface area contributed by atoms with Gasteiger partial charge >= 0.3 is 0 Å². The van der Waals surface area contributed by atoms with Crippen LogP contribution < -0.4 is 0 Å². The van der Waals surface area contributed by atoms with Crippen LogP contribution in [-0.4, -0.2) is 13.2 Å². The fourth-order valence-corrected chi connectivity index (χ4v) is 1.75. The molecule has 0 spiro atoms. The van der Waals surface area contributed by atoms with E-state index in [0.717, 1.165) is 26.1 Å². The highest BCUT2D eigenvalue weighted by Gasteiger charge is 1.94. The molecule has 116 valence electrons. The molecular weight excluding hydrogens is 248 g/mol. The van der Waals surface area contributed by atoms with E-state index in [1.807, 2.05) is 12.2 Å². The fourth-order valence-electron chi connectivity index (χ4n) is 1.75. The third-order valence-corrected chi connectivity index (χ3v) is 3.03. The first-order chi connectivity index (χ1) is 9.70. The molecule has 0 aromatic rings. The van der Waals surface area contributed by atoms with Gasteiger partial charge in [-0.05, 0) is 25.0 Å².